The van der Waals surface area contributed by atoms with Crippen molar-refractivity contribution in [2.75, 3.05) is 14.2 Å². The van der Waals surface area contributed by atoms with Crippen LogP contribution in [0.4, 0.5) is 0 Å². The quantitative estimate of drug-likeness (QED) is 0.813. The molecule has 116 valence electrons. The monoisotopic (exact) mass is 359 g/mol. The van der Waals surface area contributed by atoms with E-state index in [4.69, 9.17) is 14.6 Å². The molecule has 0 saturated heterocycles. The maximum atomic E-state index is 12.3. The number of halogens is 1. The molecule has 7 heteroatoms. The number of carboxylic acid groups (broad SMARTS) is 1. The van der Waals surface area contributed by atoms with Gasteiger partial charge in [-0.3, -0.25) is 4.79 Å². The smallest absolute Gasteiger partial charge is 0.326 e. The van der Waals surface area contributed by atoms with Crippen molar-refractivity contribution in [1.82, 2.24) is 5.32 Å². The van der Waals surface area contributed by atoms with E-state index in [1.165, 1.54) is 20.3 Å². The molecule has 2 N–H and O–H groups in total. The maximum Gasteiger partial charge on any atom is 0.326 e. The van der Waals surface area contributed by atoms with Gasteiger partial charge in [0.1, 0.15) is 17.5 Å². The lowest BCUT2D eigenvalue weighted by atomic mass is 10.0. The lowest BCUT2D eigenvalue weighted by molar-refractivity contribution is -0.140. The Kier molecular flexibility index (Phi) is 6.02. The van der Waals surface area contributed by atoms with Crippen LogP contribution in [0, 0.1) is 5.92 Å². The number of ether oxygens (including phenoxy) is 2. The second-order valence-electron chi connectivity index (χ2n) is 4.72. The molecule has 21 heavy (non-hydrogen) atoms. The third-order valence-corrected chi connectivity index (χ3v) is 3.51. The Hall–Kier alpha value is -1.76. The number of nitrogens with one attached hydrogen (secondary N) is 1. The van der Waals surface area contributed by atoms with E-state index in [0.29, 0.717) is 16.0 Å². The second-order valence-corrected chi connectivity index (χ2v) is 5.58. The summed E-state index contributed by atoms with van der Waals surface area (Å²) in [7, 11) is 2.91. The lowest BCUT2D eigenvalue weighted by Crippen LogP contribution is -2.44. The zero-order valence-electron chi connectivity index (χ0n) is 12.3. The van der Waals surface area contributed by atoms with Crippen molar-refractivity contribution in [2.24, 2.45) is 5.92 Å². The van der Waals surface area contributed by atoms with Crippen LogP contribution in [-0.4, -0.2) is 37.2 Å². The molecule has 0 saturated carbocycles. The SMILES string of the molecule is COc1cc(Br)c(OC)c(C(=O)N[C@@H](C(=O)O)C(C)C)c1. The van der Waals surface area contributed by atoms with Gasteiger partial charge in [0.05, 0.1) is 24.3 Å². The van der Waals surface area contributed by atoms with E-state index in [1.54, 1.807) is 19.9 Å². The summed E-state index contributed by atoms with van der Waals surface area (Å²) in [5.74, 6) is -1.08. The predicted molar refractivity (Wildman–Crippen MR) is 81.0 cm³/mol. The van der Waals surface area contributed by atoms with Crippen molar-refractivity contribution in [3.05, 3.63) is 22.2 Å². The highest BCUT2D eigenvalue weighted by Crippen LogP contribution is 2.33. The molecule has 0 aliphatic carbocycles. The standard InChI is InChI=1S/C14H18BrNO5/c1-7(2)11(14(18)19)16-13(17)9-5-8(20-3)6-10(15)12(9)21-4/h5-7,11H,1-4H3,(H,16,17)(H,18,19)/t11-/m1/s1. The van der Waals surface area contributed by atoms with Gasteiger partial charge in [0.2, 0.25) is 0 Å². The topological polar surface area (TPSA) is 84.9 Å². The van der Waals surface area contributed by atoms with E-state index in [-0.39, 0.29) is 11.5 Å². The summed E-state index contributed by atoms with van der Waals surface area (Å²) in [5, 5.41) is 11.6. The first-order valence-electron chi connectivity index (χ1n) is 6.27. The molecule has 1 aromatic carbocycles. The Bertz CT molecular complexity index is 544. The highest BCUT2D eigenvalue weighted by Gasteiger charge is 2.26. The number of methoxy groups -OCH3 is 2. The van der Waals surface area contributed by atoms with Crippen LogP contribution in [-0.2, 0) is 4.79 Å². The molecule has 0 aliphatic heterocycles. The van der Waals surface area contributed by atoms with Crippen LogP contribution in [0.15, 0.2) is 16.6 Å². The van der Waals surface area contributed by atoms with Crippen molar-refractivity contribution in [2.45, 2.75) is 19.9 Å². The van der Waals surface area contributed by atoms with E-state index in [2.05, 4.69) is 21.2 Å². The first-order valence-corrected chi connectivity index (χ1v) is 7.06. The van der Waals surface area contributed by atoms with Crippen LogP contribution in [0.3, 0.4) is 0 Å². The molecule has 0 heterocycles. The molecule has 0 unspecified atom stereocenters. The van der Waals surface area contributed by atoms with Gasteiger partial charge in [-0.25, -0.2) is 4.79 Å². The molecule has 0 aromatic heterocycles. The fourth-order valence-corrected chi connectivity index (χ4v) is 2.40. The van der Waals surface area contributed by atoms with Gasteiger partial charge in [-0.15, -0.1) is 0 Å². The van der Waals surface area contributed by atoms with Crippen LogP contribution < -0.4 is 14.8 Å². The average molecular weight is 360 g/mol. The Morgan fingerprint density at radius 3 is 2.29 bits per heavy atom. The summed E-state index contributed by atoms with van der Waals surface area (Å²) in [5.41, 5.74) is 0.204. The molecular formula is C14H18BrNO5. The van der Waals surface area contributed by atoms with Crippen molar-refractivity contribution in [1.29, 1.82) is 0 Å². The number of rotatable bonds is 6. The molecule has 0 fully saturated rings. The zero-order chi connectivity index (χ0) is 16.2. The van der Waals surface area contributed by atoms with Gasteiger partial charge in [0.15, 0.2) is 0 Å². The Morgan fingerprint density at radius 2 is 1.86 bits per heavy atom. The number of carboxylic acids is 1. The molecular weight excluding hydrogens is 342 g/mol. The predicted octanol–water partition coefficient (Wildman–Crippen LogP) is 2.31. The highest BCUT2D eigenvalue weighted by atomic mass is 79.9. The third kappa shape index (κ3) is 4.10. The summed E-state index contributed by atoms with van der Waals surface area (Å²) in [6.07, 6.45) is 0. The summed E-state index contributed by atoms with van der Waals surface area (Å²) in [6.45, 7) is 3.44. The fourth-order valence-electron chi connectivity index (χ4n) is 1.80. The average Bonchev–Trinajstić information content (AvgIpc) is 2.42. The summed E-state index contributed by atoms with van der Waals surface area (Å²) < 4.78 is 10.8. The van der Waals surface area contributed by atoms with Crippen molar-refractivity contribution in [3.8, 4) is 11.5 Å². The van der Waals surface area contributed by atoms with Crippen LogP contribution in [0.1, 0.15) is 24.2 Å². The largest absolute Gasteiger partial charge is 0.497 e. The minimum atomic E-state index is -1.08. The molecule has 1 aromatic rings. The van der Waals surface area contributed by atoms with E-state index >= 15 is 0 Å². The minimum Gasteiger partial charge on any atom is -0.497 e. The van der Waals surface area contributed by atoms with Crippen LogP contribution >= 0.6 is 15.9 Å². The van der Waals surface area contributed by atoms with Crippen molar-refractivity contribution >= 4 is 27.8 Å². The van der Waals surface area contributed by atoms with Crippen LogP contribution in [0.2, 0.25) is 0 Å². The highest BCUT2D eigenvalue weighted by molar-refractivity contribution is 9.10. The fraction of sp³-hybridized carbons (Fsp3) is 0.429. The van der Waals surface area contributed by atoms with E-state index in [0.717, 1.165) is 0 Å². The van der Waals surface area contributed by atoms with Gasteiger partial charge < -0.3 is 19.9 Å². The molecule has 0 bridgehead atoms. The zero-order valence-corrected chi connectivity index (χ0v) is 13.9. The van der Waals surface area contributed by atoms with Crippen molar-refractivity contribution < 1.29 is 24.2 Å². The van der Waals surface area contributed by atoms with Gasteiger partial charge >= 0.3 is 5.97 Å². The van der Waals surface area contributed by atoms with Gasteiger partial charge in [0, 0.05) is 0 Å². The number of hydrogen-bond acceptors (Lipinski definition) is 4. The molecule has 1 amide bonds. The summed E-state index contributed by atoms with van der Waals surface area (Å²) in [6, 6.07) is 2.18. The van der Waals surface area contributed by atoms with Gasteiger partial charge in [-0.2, -0.15) is 0 Å². The van der Waals surface area contributed by atoms with Crippen molar-refractivity contribution in [3.63, 3.8) is 0 Å². The van der Waals surface area contributed by atoms with Crippen LogP contribution in [0.5, 0.6) is 11.5 Å². The molecule has 1 atom stereocenters. The molecule has 6 nitrogen and oxygen atoms in total. The number of amides is 1. The molecule has 1 rings (SSSR count). The first kappa shape index (κ1) is 17.3. The molecule has 0 aliphatic rings. The summed E-state index contributed by atoms with van der Waals surface area (Å²) in [4.78, 5) is 23.5. The Labute approximate surface area is 131 Å². The Morgan fingerprint density at radius 1 is 1.24 bits per heavy atom. The Balaban J connectivity index is 3.17. The minimum absolute atomic E-state index is 0.204. The lowest BCUT2D eigenvalue weighted by Gasteiger charge is -2.19. The number of benzene rings is 1. The number of hydrogen-bond donors (Lipinski definition) is 2. The van der Waals surface area contributed by atoms with Gasteiger partial charge in [-0.1, -0.05) is 13.8 Å². The number of aliphatic carboxylic acids is 1. The molecule has 0 radical (unpaired) electrons. The third-order valence-electron chi connectivity index (χ3n) is 2.92. The van der Waals surface area contributed by atoms with Gasteiger partial charge in [0.25, 0.3) is 5.91 Å². The number of carbonyl (C=O) groups excluding carboxylic acids is 1. The molecule has 0 spiro atoms. The second kappa shape index (κ2) is 7.31. The van der Waals surface area contributed by atoms with E-state index in [1.807, 2.05) is 0 Å². The van der Waals surface area contributed by atoms with Gasteiger partial charge in [-0.05, 0) is 34.0 Å². The van der Waals surface area contributed by atoms with Crippen LogP contribution in [0.25, 0.3) is 0 Å². The van der Waals surface area contributed by atoms with E-state index in [9.17, 15) is 9.59 Å². The number of carbonyl (C=O) groups is 2. The normalized spacial score (nSPS) is 11.9. The first-order chi connectivity index (χ1) is 9.81. The summed E-state index contributed by atoms with van der Waals surface area (Å²) >= 11 is 3.29. The van der Waals surface area contributed by atoms with E-state index < -0.39 is 17.9 Å². The maximum absolute atomic E-state index is 12.3.